The lowest BCUT2D eigenvalue weighted by atomic mass is 10.1. The number of carbonyl (C=O) groups is 1. The summed E-state index contributed by atoms with van der Waals surface area (Å²) >= 11 is 0. The molecule has 2 rings (SSSR count). The van der Waals surface area contributed by atoms with E-state index in [1.54, 1.807) is 50.2 Å². The number of Topliss-reactive ketones (excluding diaryl/α,β-unsaturated/α-hetero) is 1. The Labute approximate surface area is 111 Å². The molecule has 19 heavy (non-hydrogen) atoms. The smallest absolute Gasteiger partial charge is 0.202 e. The number of ether oxygens (including phenoxy) is 1. The molecule has 0 aromatic heterocycles. The summed E-state index contributed by atoms with van der Waals surface area (Å²) < 4.78 is 19.2. The molecule has 1 atom stereocenters. The summed E-state index contributed by atoms with van der Waals surface area (Å²) in [5.74, 6) is -0.478. The van der Waals surface area contributed by atoms with Crippen LogP contribution in [0.15, 0.2) is 48.5 Å². The SMILES string of the molecule is Cc1cccc(OC(C)C(=O)c2ccccc2)c1F. The van der Waals surface area contributed by atoms with Gasteiger partial charge in [-0.1, -0.05) is 42.5 Å². The van der Waals surface area contributed by atoms with Crippen LogP contribution in [0.25, 0.3) is 0 Å². The summed E-state index contributed by atoms with van der Waals surface area (Å²) in [6.07, 6.45) is -0.723. The minimum Gasteiger partial charge on any atom is -0.479 e. The average Bonchev–Trinajstić information content (AvgIpc) is 2.44. The molecule has 3 heteroatoms. The monoisotopic (exact) mass is 258 g/mol. The molecule has 0 aliphatic heterocycles. The first kappa shape index (κ1) is 13.3. The summed E-state index contributed by atoms with van der Waals surface area (Å²) in [5, 5.41) is 0. The van der Waals surface area contributed by atoms with Crippen LogP contribution in [0.1, 0.15) is 22.8 Å². The zero-order valence-electron chi connectivity index (χ0n) is 10.9. The second-order valence-corrected chi connectivity index (χ2v) is 4.38. The van der Waals surface area contributed by atoms with E-state index in [0.717, 1.165) is 0 Å². The van der Waals surface area contributed by atoms with Gasteiger partial charge in [-0.2, -0.15) is 0 Å². The van der Waals surface area contributed by atoms with Crippen molar-refractivity contribution in [1.29, 1.82) is 0 Å². The highest BCUT2D eigenvalue weighted by atomic mass is 19.1. The number of halogens is 1. The summed E-state index contributed by atoms with van der Waals surface area (Å²) in [4.78, 5) is 12.1. The second-order valence-electron chi connectivity index (χ2n) is 4.38. The molecule has 0 spiro atoms. The Morgan fingerprint density at radius 3 is 2.47 bits per heavy atom. The molecule has 2 nitrogen and oxygen atoms in total. The Hall–Kier alpha value is -2.16. The number of hydrogen-bond donors (Lipinski definition) is 0. The number of carbonyl (C=O) groups excluding carboxylic acids is 1. The second kappa shape index (κ2) is 5.65. The van der Waals surface area contributed by atoms with Gasteiger partial charge < -0.3 is 4.74 Å². The molecule has 0 saturated heterocycles. The molecule has 0 radical (unpaired) electrons. The molecule has 0 saturated carbocycles. The summed E-state index contributed by atoms with van der Waals surface area (Å²) in [5.41, 5.74) is 1.06. The molecule has 0 fully saturated rings. The minimum atomic E-state index is -0.723. The van der Waals surface area contributed by atoms with Crippen LogP contribution in [0, 0.1) is 12.7 Å². The molecule has 2 aromatic carbocycles. The fourth-order valence-electron chi connectivity index (χ4n) is 1.79. The van der Waals surface area contributed by atoms with E-state index in [-0.39, 0.29) is 11.5 Å². The van der Waals surface area contributed by atoms with Crippen molar-refractivity contribution in [1.82, 2.24) is 0 Å². The maximum absolute atomic E-state index is 13.8. The van der Waals surface area contributed by atoms with Crippen LogP contribution in [0.3, 0.4) is 0 Å². The van der Waals surface area contributed by atoms with Crippen molar-refractivity contribution in [3.8, 4) is 5.75 Å². The van der Waals surface area contributed by atoms with Gasteiger partial charge in [0.1, 0.15) is 0 Å². The van der Waals surface area contributed by atoms with Gasteiger partial charge in [0.15, 0.2) is 17.7 Å². The highest BCUT2D eigenvalue weighted by molar-refractivity contribution is 5.99. The third-order valence-corrected chi connectivity index (χ3v) is 2.89. The molecule has 0 aliphatic carbocycles. The maximum Gasteiger partial charge on any atom is 0.202 e. The number of hydrogen-bond acceptors (Lipinski definition) is 2. The van der Waals surface area contributed by atoms with Crippen LogP contribution >= 0.6 is 0 Å². The summed E-state index contributed by atoms with van der Waals surface area (Å²) in [7, 11) is 0. The van der Waals surface area contributed by atoms with Crippen LogP contribution in [0.2, 0.25) is 0 Å². The molecule has 0 bridgehead atoms. The number of rotatable bonds is 4. The zero-order chi connectivity index (χ0) is 13.8. The average molecular weight is 258 g/mol. The highest BCUT2D eigenvalue weighted by Gasteiger charge is 2.18. The van der Waals surface area contributed by atoms with Gasteiger partial charge in [-0.25, -0.2) is 4.39 Å². The van der Waals surface area contributed by atoms with E-state index >= 15 is 0 Å². The lowest BCUT2D eigenvalue weighted by Crippen LogP contribution is -2.24. The first-order chi connectivity index (χ1) is 9.09. The van der Waals surface area contributed by atoms with Gasteiger partial charge in [-0.15, -0.1) is 0 Å². The number of ketones is 1. The quantitative estimate of drug-likeness (QED) is 0.780. The topological polar surface area (TPSA) is 26.3 Å². The van der Waals surface area contributed by atoms with Crippen LogP contribution in [-0.2, 0) is 0 Å². The highest BCUT2D eigenvalue weighted by Crippen LogP contribution is 2.21. The Kier molecular flexibility index (Phi) is 3.95. The molecular formula is C16H15FO2. The fraction of sp³-hybridized carbons (Fsp3) is 0.188. The Morgan fingerprint density at radius 1 is 1.11 bits per heavy atom. The first-order valence-corrected chi connectivity index (χ1v) is 6.10. The van der Waals surface area contributed by atoms with Crippen LogP contribution < -0.4 is 4.74 Å². The van der Waals surface area contributed by atoms with Crippen LogP contribution in [-0.4, -0.2) is 11.9 Å². The van der Waals surface area contributed by atoms with E-state index < -0.39 is 11.9 Å². The standard InChI is InChI=1S/C16H15FO2/c1-11-7-6-10-14(15(11)17)19-12(2)16(18)13-8-4-3-5-9-13/h3-10,12H,1-2H3. The molecule has 0 N–H and O–H groups in total. The van der Waals surface area contributed by atoms with Crippen molar-refractivity contribution in [3.05, 3.63) is 65.5 Å². The van der Waals surface area contributed by atoms with Gasteiger partial charge in [-0.3, -0.25) is 4.79 Å². The largest absolute Gasteiger partial charge is 0.479 e. The van der Waals surface area contributed by atoms with Gasteiger partial charge >= 0.3 is 0 Å². The van der Waals surface area contributed by atoms with E-state index in [4.69, 9.17) is 4.74 Å². The lowest BCUT2D eigenvalue weighted by Gasteiger charge is -2.14. The molecule has 0 heterocycles. The maximum atomic E-state index is 13.8. The summed E-state index contributed by atoms with van der Waals surface area (Å²) in [6, 6.07) is 13.7. The molecule has 0 aliphatic rings. The fourth-order valence-corrected chi connectivity index (χ4v) is 1.79. The minimum absolute atomic E-state index is 0.108. The van der Waals surface area contributed by atoms with Crippen LogP contribution in [0.4, 0.5) is 4.39 Å². The molecule has 0 amide bonds. The number of benzene rings is 2. The Balaban J connectivity index is 2.15. The molecule has 1 unspecified atom stereocenters. The van der Waals surface area contributed by atoms with E-state index in [2.05, 4.69) is 0 Å². The van der Waals surface area contributed by atoms with Crippen molar-refractivity contribution >= 4 is 5.78 Å². The Bertz CT molecular complexity index is 579. The van der Waals surface area contributed by atoms with E-state index in [9.17, 15) is 9.18 Å². The molecule has 2 aromatic rings. The lowest BCUT2D eigenvalue weighted by molar-refractivity contribution is 0.0812. The van der Waals surface area contributed by atoms with Crippen molar-refractivity contribution in [2.45, 2.75) is 20.0 Å². The van der Waals surface area contributed by atoms with Gasteiger partial charge in [0.2, 0.25) is 5.78 Å². The normalized spacial score (nSPS) is 11.9. The predicted molar refractivity (Wildman–Crippen MR) is 72.0 cm³/mol. The van der Waals surface area contributed by atoms with Crippen molar-refractivity contribution in [2.24, 2.45) is 0 Å². The van der Waals surface area contributed by atoms with E-state index in [1.165, 1.54) is 6.07 Å². The third-order valence-electron chi connectivity index (χ3n) is 2.89. The first-order valence-electron chi connectivity index (χ1n) is 6.10. The predicted octanol–water partition coefficient (Wildman–Crippen LogP) is 3.78. The van der Waals surface area contributed by atoms with E-state index in [1.807, 2.05) is 6.07 Å². The summed E-state index contributed by atoms with van der Waals surface area (Å²) in [6.45, 7) is 3.28. The van der Waals surface area contributed by atoms with Gasteiger partial charge in [0.05, 0.1) is 0 Å². The third kappa shape index (κ3) is 2.99. The van der Waals surface area contributed by atoms with Gasteiger partial charge in [0, 0.05) is 5.56 Å². The number of aryl methyl sites for hydroxylation is 1. The molecular weight excluding hydrogens is 243 g/mol. The zero-order valence-corrected chi connectivity index (χ0v) is 10.9. The van der Waals surface area contributed by atoms with Crippen LogP contribution in [0.5, 0.6) is 5.75 Å². The van der Waals surface area contributed by atoms with Gasteiger partial charge in [0.25, 0.3) is 0 Å². The van der Waals surface area contributed by atoms with Gasteiger partial charge in [-0.05, 0) is 25.5 Å². The Morgan fingerprint density at radius 2 is 1.79 bits per heavy atom. The van der Waals surface area contributed by atoms with Crippen molar-refractivity contribution in [3.63, 3.8) is 0 Å². The van der Waals surface area contributed by atoms with Crippen molar-refractivity contribution in [2.75, 3.05) is 0 Å². The van der Waals surface area contributed by atoms with E-state index in [0.29, 0.717) is 11.1 Å². The van der Waals surface area contributed by atoms with Crippen molar-refractivity contribution < 1.29 is 13.9 Å². The molecule has 98 valence electrons.